The van der Waals surface area contributed by atoms with Gasteiger partial charge in [-0.1, -0.05) is 6.07 Å². The summed E-state index contributed by atoms with van der Waals surface area (Å²) in [7, 11) is 1.33. The zero-order valence-corrected chi connectivity index (χ0v) is 8.13. The SMILES string of the molecule is COC(=O)c1ccc(C(=N)N)cc1C. The summed E-state index contributed by atoms with van der Waals surface area (Å²) in [6.07, 6.45) is 0. The standard InChI is InChI=1S/C10H12N2O2/c1-6-5-7(9(11)12)3-4-8(6)10(13)14-2/h3-5H,1-2H3,(H3,11,12). The predicted molar refractivity (Wildman–Crippen MR) is 53.5 cm³/mol. The number of rotatable bonds is 2. The Bertz CT molecular complexity index is 386. The van der Waals surface area contributed by atoms with Crippen molar-refractivity contribution in [1.82, 2.24) is 0 Å². The van der Waals surface area contributed by atoms with Gasteiger partial charge in [-0.05, 0) is 24.6 Å². The van der Waals surface area contributed by atoms with Gasteiger partial charge in [0, 0.05) is 5.56 Å². The first-order valence-corrected chi connectivity index (χ1v) is 4.09. The summed E-state index contributed by atoms with van der Waals surface area (Å²) in [4.78, 5) is 11.2. The first-order valence-electron chi connectivity index (χ1n) is 4.09. The zero-order valence-electron chi connectivity index (χ0n) is 8.13. The van der Waals surface area contributed by atoms with Gasteiger partial charge in [0.05, 0.1) is 12.7 Å². The number of hydrogen-bond acceptors (Lipinski definition) is 3. The van der Waals surface area contributed by atoms with Crippen LogP contribution in [-0.4, -0.2) is 18.9 Å². The lowest BCUT2D eigenvalue weighted by molar-refractivity contribution is 0.0600. The molecule has 0 saturated heterocycles. The van der Waals surface area contributed by atoms with Crippen molar-refractivity contribution in [3.8, 4) is 0 Å². The maximum atomic E-state index is 11.2. The Balaban J connectivity index is 3.14. The molecule has 74 valence electrons. The molecule has 0 saturated carbocycles. The zero-order chi connectivity index (χ0) is 10.7. The van der Waals surface area contributed by atoms with E-state index in [2.05, 4.69) is 4.74 Å². The second kappa shape index (κ2) is 3.91. The summed E-state index contributed by atoms with van der Waals surface area (Å²) in [5.41, 5.74) is 7.17. The number of aryl methyl sites for hydroxylation is 1. The lowest BCUT2D eigenvalue weighted by Gasteiger charge is -2.05. The molecule has 0 heterocycles. The summed E-state index contributed by atoms with van der Waals surface area (Å²) in [5.74, 6) is -0.387. The molecular formula is C10H12N2O2. The van der Waals surface area contributed by atoms with Crippen LogP contribution in [0.5, 0.6) is 0 Å². The van der Waals surface area contributed by atoms with Crippen molar-refractivity contribution in [2.45, 2.75) is 6.92 Å². The molecule has 0 spiro atoms. The molecule has 1 aromatic rings. The Kier molecular flexibility index (Phi) is 2.86. The van der Waals surface area contributed by atoms with Crippen LogP contribution in [0.25, 0.3) is 0 Å². The number of nitrogen functional groups attached to an aromatic ring is 1. The molecule has 4 heteroatoms. The van der Waals surface area contributed by atoms with Crippen molar-refractivity contribution >= 4 is 11.8 Å². The van der Waals surface area contributed by atoms with E-state index < -0.39 is 0 Å². The third-order valence-electron chi connectivity index (χ3n) is 1.94. The van der Waals surface area contributed by atoms with Crippen LogP contribution in [0.15, 0.2) is 18.2 Å². The van der Waals surface area contributed by atoms with Crippen LogP contribution in [0.1, 0.15) is 21.5 Å². The number of amidine groups is 1. The summed E-state index contributed by atoms with van der Waals surface area (Å²) >= 11 is 0. The third-order valence-corrected chi connectivity index (χ3v) is 1.94. The molecule has 0 aliphatic carbocycles. The molecule has 0 amide bonds. The largest absolute Gasteiger partial charge is 0.465 e. The van der Waals surface area contributed by atoms with E-state index in [1.807, 2.05) is 0 Å². The smallest absolute Gasteiger partial charge is 0.338 e. The van der Waals surface area contributed by atoms with Gasteiger partial charge >= 0.3 is 5.97 Å². The molecule has 14 heavy (non-hydrogen) atoms. The van der Waals surface area contributed by atoms with E-state index in [1.54, 1.807) is 25.1 Å². The molecular weight excluding hydrogens is 180 g/mol. The van der Waals surface area contributed by atoms with Gasteiger partial charge in [-0.25, -0.2) is 4.79 Å². The molecule has 4 nitrogen and oxygen atoms in total. The van der Waals surface area contributed by atoms with Crippen molar-refractivity contribution < 1.29 is 9.53 Å². The molecule has 1 aromatic carbocycles. The van der Waals surface area contributed by atoms with Crippen LogP contribution in [0, 0.1) is 12.3 Å². The summed E-state index contributed by atoms with van der Waals surface area (Å²) < 4.78 is 4.59. The van der Waals surface area contributed by atoms with Crippen molar-refractivity contribution in [1.29, 1.82) is 5.41 Å². The minimum Gasteiger partial charge on any atom is -0.465 e. The van der Waals surface area contributed by atoms with E-state index >= 15 is 0 Å². The van der Waals surface area contributed by atoms with E-state index in [9.17, 15) is 4.79 Å². The Morgan fingerprint density at radius 1 is 1.50 bits per heavy atom. The number of benzene rings is 1. The van der Waals surface area contributed by atoms with Gasteiger partial charge in [0.15, 0.2) is 0 Å². The maximum Gasteiger partial charge on any atom is 0.338 e. The molecule has 0 atom stereocenters. The molecule has 0 bridgehead atoms. The van der Waals surface area contributed by atoms with Crippen molar-refractivity contribution in [2.24, 2.45) is 5.73 Å². The van der Waals surface area contributed by atoms with Crippen LogP contribution in [-0.2, 0) is 4.74 Å². The highest BCUT2D eigenvalue weighted by atomic mass is 16.5. The summed E-state index contributed by atoms with van der Waals surface area (Å²) in [5, 5.41) is 7.22. The topological polar surface area (TPSA) is 76.2 Å². The summed E-state index contributed by atoms with van der Waals surface area (Å²) in [6.45, 7) is 1.78. The van der Waals surface area contributed by atoms with Gasteiger partial charge in [-0.15, -0.1) is 0 Å². The molecule has 0 unspecified atom stereocenters. The van der Waals surface area contributed by atoms with E-state index in [1.165, 1.54) is 7.11 Å². The van der Waals surface area contributed by atoms with Crippen LogP contribution in [0.3, 0.4) is 0 Å². The highest BCUT2D eigenvalue weighted by Crippen LogP contribution is 2.11. The normalized spacial score (nSPS) is 9.57. The number of nitrogens with one attached hydrogen (secondary N) is 1. The second-order valence-corrected chi connectivity index (χ2v) is 2.93. The quantitative estimate of drug-likeness (QED) is 0.418. The minimum atomic E-state index is -0.377. The number of ether oxygens (including phenoxy) is 1. The first kappa shape index (κ1) is 10.2. The van der Waals surface area contributed by atoms with Gasteiger partial charge in [0.2, 0.25) is 0 Å². The van der Waals surface area contributed by atoms with Gasteiger partial charge < -0.3 is 10.5 Å². The number of carbonyl (C=O) groups excluding carboxylic acids is 1. The number of hydrogen-bond donors (Lipinski definition) is 2. The Hall–Kier alpha value is -1.84. The van der Waals surface area contributed by atoms with Crippen LogP contribution < -0.4 is 5.73 Å². The fourth-order valence-corrected chi connectivity index (χ4v) is 1.17. The molecule has 3 N–H and O–H groups in total. The fraction of sp³-hybridized carbons (Fsp3) is 0.200. The van der Waals surface area contributed by atoms with Gasteiger partial charge in [-0.2, -0.15) is 0 Å². The average Bonchev–Trinajstić information content (AvgIpc) is 2.16. The van der Waals surface area contributed by atoms with Gasteiger partial charge in [-0.3, -0.25) is 5.41 Å². The highest BCUT2D eigenvalue weighted by Gasteiger charge is 2.09. The Morgan fingerprint density at radius 2 is 2.14 bits per heavy atom. The average molecular weight is 192 g/mol. The predicted octanol–water partition coefficient (Wildman–Crippen LogP) is 1.07. The maximum absolute atomic E-state index is 11.2. The van der Waals surface area contributed by atoms with Crippen molar-refractivity contribution in [2.75, 3.05) is 7.11 Å². The van der Waals surface area contributed by atoms with E-state index in [-0.39, 0.29) is 11.8 Å². The molecule has 0 aromatic heterocycles. The van der Waals surface area contributed by atoms with Crippen molar-refractivity contribution in [3.05, 3.63) is 34.9 Å². The molecule has 0 radical (unpaired) electrons. The van der Waals surface area contributed by atoms with E-state index in [0.29, 0.717) is 11.1 Å². The lowest BCUT2D eigenvalue weighted by atomic mass is 10.0. The number of nitrogens with two attached hydrogens (primary N) is 1. The Morgan fingerprint density at radius 3 is 2.57 bits per heavy atom. The van der Waals surface area contributed by atoms with Gasteiger partial charge in [0.25, 0.3) is 0 Å². The third kappa shape index (κ3) is 1.90. The fourth-order valence-electron chi connectivity index (χ4n) is 1.17. The molecule has 0 aliphatic heterocycles. The van der Waals surface area contributed by atoms with Gasteiger partial charge in [0.1, 0.15) is 5.84 Å². The van der Waals surface area contributed by atoms with Crippen LogP contribution in [0.2, 0.25) is 0 Å². The summed E-state index contributed by atoms with van der Waals surface area (Å²) in [6, 6.07) is 4.92. The molecule has 0 aliphatic rings. The number of carbonyl (C=O) groups is 1. The molecule has 1 rings (SSSR count). The first-order chi connectivity index (χ1) is 6.56. The van der Waals surface area contributed by atoms with E-state index in [0.717, 1.165) is 5.56 Å². The van der Waals surface area contributed by atoms with Crippen LogP contribution in [0.4, 0.5) is 0 Å². The lowest BCUT2D eigenvalue weighted by Crippen LogP contribution is -2.12. The minimum absolute atomic E-state index is 0.00971. The van der Waals surface area contributed by atoms with Crippen LogP contribution >= 0.6 is 0 Å². The monoisotopic (exact) mass is 192 g/mol. The number of methoxy groups -OCH3 is 1. The van der Waals surface area contributed by atoms with Crippen molar-refractivity contribution in [3.63, 3.8) is 0 Å². The highest BCUT2D eigenvalue weighted by molar-refractivity contribution is 5.97. The van der Waals surface area contributed by atoms with E-state index in [4.69, 9.17) is 11.1 Å². The molecule has 0 fully saturated rings. The second-order valence-electron chi connectivity index (χ2n) is 2.93. The number of esters is 1. The Labute approximate surface area is 82.2 Å².